The predicted octanol–water partition coefficient (Wildman–Crippen LogP) is 2.67. The molecule has 1 aliphatic heterocycles. The number of rotatable bonds is 1. The van der Waals surface area contributed by atoms with E-state index in [1.165, 1.54) is 71.1 Å². The lowest BCUT2D eigenvalue weighted by Crippen LogP contribution is -2.53. The molecule has 3 atom stereocenters. The van der Waals surface area contributed by atoms with Crippen molar-refractivity contribution in [1.29, 1.82) is 0 Å². The van der Waals surface area contributed by atoms with Crippen LogP contribution in [-0.4, -0.2) is 37.1 Å². The first-order chi connectivity index (χ1) is 7.95. The maximum atomic E-state index is 3.48. The van der Waals surface area contributed by atoms with E-state index in [1.807, 2.05) is 0 Å². The summed E-state index contributed by atoms with van der Waals surface area (Å²) in [5.41, 5.74) is 0. The number of nitrogens with zero attached hydrogens (tertiary/aromatic N) is 1. The first-order valence-corrected chi connectivity index (χ1v) is 7.40. The van der Waals surface area contributed by atoms with Gasteiger partial charge in [-0.2, -0.15) is 0 Å². The second-order valence-corrected chi connectivity index (χ2v) is 5.99. The molecule has 0 aromatic heterocycles. The summed E-state index contributed by atoms with van der Waals surface area (Å²) in [6.45, 7) is 5.03. The molecule has 1 saturated heterocycles. The van der Waals surface area contributed by atoms with Crippen molar-refractivity contribution in [3.05, 3.63) is 0 Å². The van der Waals surface area contributed by atoms with Gasteiger partial charge < -0.3 is 5.32 Å². The smallest absolute Gasteiger partial charge is 0.0127 e. The van der Waals surface area contributed by atoms with Gasteiger partial charge in [-0.3, -0.25) is 4.90 Å². The van der Waals surface area contributed by atoms with Gasteiger partial charge in [0.15, 0.2) is 0 Å². The second-order valence-electron chi connectivity index (χ2n) is 5.99. The summed E-state index contributed by atoms with van der Waals surface area (Å²) < 4.78 is 0. The van der Waals surface area contributed by atoms with Crippen molar-refractivity contribution in [2.75, 3.05) is 26.2 Å². The summed E-state index contributed by atoms with van der Waals surface area (Å²) in [7, 11) is 0. The van der Waals surface area contributed by atoms with Crippen LogP contribution < -0.4 is 5.32 Å². The van der Waals surface area contributed by atoms with Crippen molar-refractivity contribution in [3.8, 4) is 0 Å². The maximum Gasteiger partial charge on any atom is 0.0127 e. The number of hydrogen-bond acceptors (Lipinski definition) is 2. The van der Waals surface area contributed by atoms with Crippen LogP contribution >= 0.6 is 12.4 Å². The minimum atomic E-state index is 0. The third-order valence-corrected chi connectivity index (χ3v) is 5.16. The van der Waals surface area contributed by atoms with Crippen LogP contribution in [-0.2, 0) is 0 Å². The van der Waals surface area contributed by atoms with Crippen molar-refractivity contribution >= 4 is 12.4 Å². The average molecular weight is 259 g/mol. The minimum absolute atomic E-state index is 0. The molecule has 0 amide bonds. The van der Waals surface area contributed by atoms with Crippen LogP contribution in [0.2, 0.25) is 0 Å². The summed E-state index contributed by atoms with van der Waals surface area (Å²) >= 11 is 0. The summed E-state index contributed by atoms with van der Waals surface area (Å²) in [5, 5.41) is 3.48. The highest BCUT2D eigenvalue weighted by Crippen LogP contribution is 2.42. The predicted molar refractivity (Wildman–Crippen MR) is 74.8 cm³/mol. The Hall–Kier alpha value is 0.210. The zero-order chi connectivity index (χ0) is 10.8. The quantitative estimate of drug-likeness (QED) is 0.778. The van der Waals surface area contributed by atoms with Gasteiger partial charge in [-0.1, -0.05) is 32.1 Å². The van der Waals surface area contributed by atoms with E-state index in [2.05, 4.69) is 10.2 Å². The molecular weight excluding hydrogens is 232 g/mol. The van der Waals surface area contributed by atoms with Crippen LogP contribution in [0.1, 0.15) is 44.9 Å². The van der Waals surface area contributed by atoms with E-state index in [9.17, 15) is 0 Å². The van der Waals surface area contributed by atoms with E-state index in [-0.39, 0.29) is 12.4 Å². The maximum absolute atomic E-state index is 3.48. The highest BCUT2D eigenvalue weighted by Gasteiger charge is 2.37. The Kier molecular flexibility index (Phi) is 5.13. The molecule has 2 nitrogen and oxygen atoms in total. The Balaban J connectivity index is 0.00000108. The summed E-state index contributed by atoms with van der Waals surface area (Å²) in [6.07, 6.45) is 10.6. The normalized spacial score (nSPS) is 39.2. The standard InChI is InChI=1S/C14H26N2.ClH/c1-2-6-13-12(4-1)5-3-7-14(13)16-10-8-15-9-11-16;/h12-15H,1-11H2;1H. The Morgan fingerprint density at radius 1 is 0.824 bits per heavy atom. The minimum Gasteiger partial charge on any atom is -0.314 e. The Labute approximate surface area is 112 Å². The molecule has 1 N–H and O–H groups in total. The van der Waals surface area contributed by atoms with Crippen molar-refractivity contribution < 1.29 is 0 Å². The van der Waals surface area contributed by atoms with Gasteiger partial charge in [-0.25, -0.2) is 0 Å². The Bertz CT molecular complexity index is 226. The lowest BCUT2D eigenvalue weighted by Gasteiger charge is -2.47. The van der Waals surface area contributed by atoms with Crippen LogP contribution in [0.4, 0.5) is 0 Å². The molecule has 17 heavy (non-hydrogen) atoms. The van der Waals surface area contributed by atoms with Crippen LogP contribution in [0.15, 0.2) is 0 Å². The zero-order valence-corrected chi connectivity index (χ0v) is 11.7. The van der Waals surface area contributed by atoms with E-state index in [1.54, 1.807) is 0 Å². The molecule has 0 bridgehead atoms. The molecule has 3 heteroatoms. The zero-order valence-electron chi connectivity index (χ0n) is 10.9. The molecule has 2 saturated carbocycles. The van der Waals surface area contributed by atoms with Gasteiger partial charge in [0.05, 0.1) is 0 Å². The molecule has 3 unspecified atom stereocenters. The lowest BCUT2D eigenvalue weighted by molar-refractivity contribution is 0.0341. The van der Waals surface area contributed by atoms with Crippen molar-refractivity contribution in [1.82, 2.24) is 10.2 Å². The van der Waals surface area contributed by atoms with E-state index in [4.69, 9.17) is 0 Å². The number of halogens is 1. The fourth-order valence-electron chi connectivity index (χ4n) is 4.37. The molecule has 1 heterocycles. The summed E-state index contributed by atoms with van der Waals surface area (Å²) in [6, 6.07) is 0.946. The van der Waals surface area contributed by atoms with E-state index in [0.29, 0.717) is 0 Å². The molecule has 100 valence electrons. The van der Waals surface area contributed by atoms with Crippen LogP contribution in [0.3, 0.4) is 0 Å². The van der Waals surface area contributed by atoms with Crippen LogP contribution in [0, 0.1) is 11.8 Å². The molecule has 2 aliphatic carbocycles. The summed E-state index contributed by atoms with van der Waals surface area (Å²) in [4.78, 5) is 2.80. The second kappa shape index (κ2) is 6.40. The van der Waals surface area contributed by atoms with Crippen molar-refractivity contribution in [2.24, 2.45) is 11.8 Å². The van der Waals surface area contributed by atoms with Gasteiger partial charge in [0.2, 0.25) is 0 Å². The molecule has 0 aromatic carbocycles. The summed E-state index contributed by atoms with van der Waals surface area (Å²) in [5.74, 6) is 2.14. The van der Waals surface area contributed by atoms with Crippen molar-refractivity contribution in [2.45, 2.75) is 51.0 Å². The highest BCUT2D eigenvalue weighted by atomic mass is 35.5. The first kappa shape index (κ1) is 13.6. The molecule has 0 radical (unpaired) electrons. The largest absolute Gasteiger partial charge is 0.314 e. The Morgan fingerprint density at radius 3 is 2.35 bits per heavy atom. The fourth-order valence-corrected chi connectivity index (χ4v) is 4.37. The third-order valence-electron chi connectivity index (χ3n) is 5.16. The van der Waals surface area contributed by atoms with Crippen LogP contribution in [0.25, 0.3) is 0 Å². The van der Waals surface area contributed by atoms with Gasteiger partial charge in [0.1, 0.15) is 0 Å². The van der Waals surface area contributed by atoms with Crippen molar-refractivity contribution in [3.63, 3.8) is 0 Å². The number of nitrogens with one attached hydrogen (secondary N) is 1. The number of fused-ring (bicyclic) bond motifs is 1. The van der Waals surface area contributed by atoms with Crippen LogP contribution in [0.5, 0.6) is 0 Å². The fraction of sp³-hybridized carbons (Fsp3) is 1.00. The molecule has 3 fully saturated rings. The lowest BCUT2D eigenvalue weighted by atomic mass is 9.68. The van der Waals surface area contributed by atoms with E-state index >= 15 is 0 Å². The number of piperazine rings is 1. The van der Waals surface area contributed by atoms with E-state index in [0.717, 1.165) is 17.9 Å². The Morgan fingerprint density at radius 2 is 1.53 bits per heavy atom. The monoisotopic (exact) mass is 258 g/mol. The topological polar surface area (TPSA) is 15.3 Å². The van der Waals surface area contributed by atoms with Gasteiger partial charge in [0, 0.05) is 32.2 Å². The molecular formula is C14H27ClN2. The SMILES string of the molecule is C1CCC2C(C1)CCCC2N1CCNCC1.Cl. The molecule has 3 aliphatic rings. The van der Waals surface area contributed by atoms with Gasteiger partial charge in [0.25, 0.3) is 0 Å². The highest BCUT2D eigenvalue weighted by molar-refractivity contribution is 5.85. The van der Waals surface area contributed by atoms with Gasteiger partial charge in [-0.15, -0.1) is 12.4 Å². The molecule has 0 spiro atoms. The number of hydrogen-bond donors (Lipinski definition) is 1. The van der Waals surface area contributed by atoms with Gasteiger partial charge >= 0.3 is 0 Å². The molecule has 3 rings (SSSR count). The molecule has 0 aromatic rings. The van der Waals surface area contributed by atoms with Gasteiger partial charge in [-0.05, 0) is 24.7 Å². The third kappa shape index (κ3) is 2.97. The first-order valence-electron chi connectivity index (χ1n) is 7.40. The average Bonchev–Trinajstić information content (AvgIpc) is 2.39. The van der Waals surface area contributed by atoms with E-state index < -0.39 is 0 Å².